The van der Waals surface area contributed by atoms with Gasteiger partial charge < -0.3 is 4.74 Å². The summed E-state index contributed by atoms with van der Waals surface area (Å²) in [5.74, 6) is 0. The van der Waals surface area contributed by atoms with Crippen LogP contribution in [0, 0.1) is 0 Å². The van der Waals surface area contributed by atoms with Gasteiger partial charge in [-0.1, -0.05) is 0 Å². The Balaban J connectivity index is 2.33. The van der Waals surface area contributed by atoms with E-state index in [1.165, 1.54) is 0 Å². The number of hydrogen-bond acceptors (Lipinski definition) is 1. The lowest BCUT2D eigenvalue weighted by atomic mass is 10.3. The Bertz CT molecular complexity index is 57.1. The van der Waals surface area contributed by atoms with Gasteiger partial charge in [0.2, 0.25) is 0 Å². The third-order valence-corrected chi connectivity index (χ3v) is 1.86. The second-order valence-corrected chi connectivity index (χ2v) is 2.44. The summed E-state index contributed by atoms with van der Waals surface area (Å²) in [6.07, 6.45) is 1.30. The van der Waals surface area contributed by atoms with Crippen molar-refractivity contribution in [2.75, 3.05) is 6.61 Å². The lowest BCUT2D eigenvalue weighted by Gasteiger charge is -2.02. The predicted octanol–water partition coefficient (Wildman–Crippen LogP) is 1.40. The Hall–Kier alpha value is 0.250. The van der Waals surface area contributed by atoms with Crippen LogP contribution in [-0.2, 0) is 4.74 Å². The van der Waals surface area contributed by atoms with Crippen molar-refractivity contribution < 1.29 is 4.74 Å². The van der Waals surface area contributed by atoms with Gasteiger partial charge in [-0.15, -0.1) is 11.6 Å². The van der Waals surface area contributed by atoms with E-state index in [4.69, 9.17) is 16.3 Å². The number of alkyl halides is 1. The molecule has 2 atom stereocenters. The highest BCUT2D eigenvalue weighted by molar-refractivity contribution is 6.21. The van der Waals surface area contributed by atoms with Crippen molar-refractivity contribution in [1.29, 1.82) is 0 Å². The number of ether oxygens (including phenoxy) is 1. The van der Waals surface area contributed by atoms with Gasteiger partial charge in [0.15, 0.2) is 0 Å². The van der Waals surface area contributed by atoms with Crippen molar-refractivity contribution in [2.45, 2.75) is 24.8 Å². The molecule has 1 nitrogen and oxygen atoms in total. The maximum absolute atomic E-state index is 5.74. The minimum absolute atomic E-state index is 0.264. The van der Waals surface area contributed by atoms with E-state index in [0.29, 0.717) is 0 Å². The zero-order valence-corrected chi connectivity index (χ0v) is 5.11. The molecule has 0 aliphatic carbocycles. The SMILES string of the molecule is C[C@@H]1OCC[C@H]1Cl. The second-order valence-electron chi connectivity index (χ2n) is 1.88. The zero-order valence-electron chi connectivity index (χ0n) is 4.36. The Labute approximate surface area is 48.6 Å². The van der Waals surface area contributed by atoms with E-state index in [0.717, 1.165) is 13.0 Å². The van der Waals surface area contributed by atoms with Crippen molar-refractivity contribution in [3.05, 3.63) is 0 Å². The fourth-order valence-electron chi connectivity index (χ4n) is 0.706. The van der Waals surface area contributed by atoms with Gasteiger partial charge in [-0.05, 0) is 13.3 Å². The second kappa shape index (κ2) is 2.01. The minimum atomic E-state index is 0.264. The summed E-state index contributed by atoms with van der Waals surface area (Å²) in [5, 5.41) is 0.264. The van der Waals surface area contributed by atoms with E-state index in [2.05, 4.69) is 0 Å². The van der Waals surface area contributed by atoms with Crippen LogP contribution in [0.3, 0.4) is 0 Å². The lowest BCUT2D eigenvalue weighted by Crippen LogP contribution is -2.09. The molecule has 0 radical (unpaired) electrons. The first-order chi connectivity index (χ1) is 3.30. The molecule has 1 aliphatic rings. The van der Waals surface area contributed by atoms with Crippen LogP contribution in [0.2, 0.25) is 0 Å². The number of rotatable bonds is 0. The molecule has 7 heavy (non-hydrogen) atoms. The van der Waals surface area contributed by atoms with E-state index < -0.39 is 0 Å². The molecule has 1 fully saturated rings. The monoisotopic (exact) mass is 120 g/mol. The fraction of sp³-hybridized carbons (Fsp3) is 1.00. The molecule has 0 bridgehead atoms. The molecule has 0 unspecified atom stereocenters. The molecule has 1 aliphatic heterocycles. The van der Waals surface area contributed by atoms with Crippen LogP contribution < -0.4 is 0 Å². The zero-order chi connectivity index (χ0) is 5.28. The molecule has 1 rings (SSSR count). The smallest absolute Gasteiger partial charge is 0.0711 e. The van der Waals surface area contributed by atoms with Gasteiger partial charge in [-0.3, -0.25) is 0 Å². The van der Waals surface area contributed by atoms with Crippen molar-refractivity contribution in [3.63, 3.8) is 0 Å². The van der Waals surface area contributed by atoms with Gasteiger partial charge in [0, 0.05) is 6.61 Å². The van der Waals surface area contributed by atoms with Crippen LogP contribution >= 0.6 is 11.6 Å². The largest absolute Gasteiger partial charge is 0.377 e. The first-order valence-electron chi connectivity index (χ1n) is 2.56. The Morgan fingerprint density at radius 1 is 1.71 bits per heavy atom. The average Bonchev–Trinajstić information content (AvgIpc) is 1.91. The molecular weight excluding hydrogens is 112 g/mol. The van der Waals surface area contributed by atoms with Crippen molar-refractivity contribution in [3.8, 4) is 0 Å². The van der Waals surface area contributed by atoms with Crippen LogP contribution in [0.25, 0.3) is 0 Å². The molecular formula is C5H9ClO. The molecule has 0 spiro atoms. The summed E-state index contributed by atoms with van der Waals surface area (Å²) in [7, 11) is 0. The third-order valence-electron chi connectivity index (χ3n) is 1.28. The molecule has 0 saturated carbocycles. The van der Waals surface area contributed by atoms with Gasteiger partial charge in [0.1, 0.15) is 0 Å². The van der Waals surface area contributed by atoms with Crippen molar-refractivity contribution in [2.24, 2.45) is 0 Å². The van der Waals surface area contributed by atoms with E-state index in [1.807, 2.05) is 6.92 Å². The van der Waals surface area contributed by atoms with Crippen LogP contribution in [0.1, 0.15) is 13.3 Å². The fourth-order valence-corrected chi connectivity index (χ4v) is 0.867. The summed E-state index contributed by atoms with van der Waals surface area (Å²) in [6.45, 7) is 2.85. The van der Waals surface area contributed by atoms with Gasteiger partial charge in [-0.25, -0.2) is 0 Å². The molecule has 2 heteroatoms. The van der Waals surface area contributed by atoms with E-state index >= 15 is 0 Å². The van der Waals surface area contributed by atoms with E-state index in [1.54, 1.807) is 0 Å². The third kappa shape index (κ3) is 1.07. The molecule has 0 aromatic rings. The summed E-state index contributed by atoms with van der Waals surface area (Å²) in [6, 6.07) is 0. The Morgan fingerprint density at radius 2 is 2.43 bits per heavy atom. The molecule has 1 heterocycles. The van der Waals surface area contributed by atoms with Gasteiger partial charge in [0.05, 0.1) is 11.5 Å². The average molecular weight is 121 g/mol. The Kier molecular flexibility index (Phi) is 1.55. The molecule has 0 aromatic carbocycles. The summed E-state index contributed by atoms with van der Waals surface area (Å²) in [5.41, 5.74) is 0. The summed E-state index contributed by atoms with van der Waals surface area (Å²) >= 11 is 5.74. The quantitative estimate of drug-likeness (QED) is 0.439. The summed E-state index contributed by atoms with van der Waals surface area (Å²) in [4.78, 5) is 0. The molecule has 0 N–H and O–H groups in total. The maximum atomic E-state index is 5.74. The predicted molar refractivity (Wildman–Crippen MR) is 29.7 cm³/mol. The normalized spacial score (nSPS) is 42.0. The number of halogens is 1. The summed E-state index contributed by atoms with van der Waals surface area (Å²) < 4.78 is 5.13. The van der Waals surface area contributed by atoms with Gasteiger partial charge >= 0.3 is 0 Å². The topological polar surface area (TPSA) is 9.23 Å². The van der Waals surface area contributed by atoms with Crippen LogP contribution in [0.4, 0.5) is 0 Å². The first-order valence-corrected chi connectivity index (χ1v) is 3.00. The van der Waals surface area contributed by atoms with Crippen LogP contribution in [0.5, 0.6) is 0 Å². The minimum Gasteiger partial charge on any atom is -0.377 e. The molecule has 0 amide bonds. The highest BCUT2D eigenvalue weighted by Gasteiger charge is 2.20. The lowest BCUT2D eigenvalue weighted by molar-refractivity contribution is 0.126. The Morgan fingerprint density at radius 3 is 2.57 bits per heavy atom. The highest BCUT2D eigenvalue weighted by atomic mass is 35.5. The van der Waals surface area contributed by atoms with Crippen LogP contribution in [0.15, 0.2) is 0 Å². The number of hydrogen-bond donors (Lipinski definition) is 0. The maximum Gasteiger partial charge on any atom is 0.0711 e. The van der Waals surface area contributed by atoms with Crippen molar-refractivity contribution in [1.82, 2.24) is 0 Å². The van der Waals surface area contributed by atoms with E-state index in [-0.39, 0.29) is 11.5 Å². The van der Waals surface area contributed by atoms with Crippen molar-refractivity contribution >= 4 is 11.6 Å². The van der Waals surface area contributed by atoms with E-state index in [9.17, 15) is 0 Å². The molecule has 0 aromatic heterocycles. The van der Waals surface area contributed by atoms with Gasteiger partial charge in [0.25, 0.3) is 0 Å². The standard InChI is InChI=1S/C5H9ClO/c1-4-5(6)2-3-7-4/h4-5H,2-3H2,1H3/t4-,5+/m0/s1. The molecule has 42 valence electrons. The van der Waals surface area contributed by atoms with Crippen LogP contribution in [-0.4, -0.2) is 18.1 Å². The van der Waals surface area contributed by atoms with Gasteiger partial charge in [-0.2, -0.15) is 0 Å². The molecule has 1 saturated heterocycles. The first kappa shape index (κ1) is 5.39. The highest BCUT2D eigenvalue weighted by Crippen LogP contribution is 2.17.